The number of nitrogens with zero attached hydrogens (tertiary/aromatic N) is 2. The molecule has 0 aliphatic carbocycles. The fourth-order valence-electron chi connectivity index (χ4n) is 1.97. The van der Waals surface area contributed by atoms with Crippen LogP contribution in [0.3, 0.4) is 0 Å². The Bertz CT molecular complexity index is 383. The van der Waals surface area contributed by atoms with Gasteiger partial charge in [-0.15, -0.1) is 0 Å². The minimum atomic E-state index is -0.574. The lowest BCUT2D eigenvalue weighted by molar-refractivity contribution is -0.132. The van der Waals surface area contributed by atoms with Gasteiger partial charge in [-0.25, -0.2) is 0 Å². The number of carbonyl (C=O) groups excluding carboxylic acids is 1. The maximum atomic E-state index is 12.0. The Morgan fingerprint density at radius 1 is 1.61 bits per heavy atom. The predicted octanol–water partition coefficient (Wildman–Crippen LogP) is 0.234. The normalized spacial score (nSPS) is 20.5. The maximum Gasteiger partial charge on any atom is 0.223 e. The third kappa shape index (κ3) is 3.78. The first-order valence-corrected chi connectivity index (χ1v) is 6.18. The van der Waals surface area contributed by atoms with Crippen molar-refractivity contribution in [3.8, 4) is 0 Å². The van der Waals surface area contributed by atoms with E-state index in [9.17, 15) is 9.90 Å². The Morgan fingerprint density at radius 2 is 2.50 bits per heavy atom. The minimum Gasteiger partial charge on any atom is -0.389 e. The Hall–Kier alpha value is -1.46. The molecule has 1 aliphatic heterocycles. The number of pyridine rings is 1. The van der Waals surface area contributed by atoms with Crippen molar-refractivity contribution in [2.75, 3.05) is 26.3 Å². The average Bonchev–Trinajstić information content (AvgIpc) is 2.62. The van der Waals surface area contributed by atoms with Crippen molar-refractivity contribution in [3.63, 3.8) is 0 Å². The molecule has 2 heterocycles. The van der Waals surface area contributed by atoms with E-state index in [4.69, 9.17) is 4.74 Å². The van der Waals surface area contributed by atoms with Crippen molar-refractivity contribution in [2.45, 2.75) is 18.9 Å². The fraction of sp³-hybridized carbons (Fsp3) is 0.538. The first-order chi connectivity index (χ1) is 8.75. The number of β-amino-alcohol motifs (C(OH)–C–C–N with tert-alkyl or cyclic N) is 1. The zero-order valence-corrected chi connectivity index (χ0v) is 10.3. The summed E-state index contributed by atoms with van der Waals surface area (Å²) >= 11 is 0. The summed E-state index contributed by atoms with van der Waals surface area (Å²) in [5.41, 5.74) is 1.05. The molecular formula is C13H18N2O3. The Balaban J connectivity index is 1.83. The maximum absolute atomic E-state index is 12.0. The highest BCUT2D eigenvalue weighted by Crippen LogP contribution is 2.06. The minimum absolute atomic E-state index is 0.0587. The molecule has 0 unspecified atom stereocenters. The largest absolute Gasteiger partial charge is 0.389 e. The monoisotopic (exact) mass is 250 g/mol. The van der Waals surface area contributed by atoms with Crippen LogP contribution >= 0.6 is 0 Å². The highest BCUT2D eigenvalue weighted by atomic mass is 16.5. The van der Waals surface area contributed by atoms with Gasteiger partial charge in [0.25, 0.3) is 0 Å². The number of aryl methyl sites for hydroxylation is 1. The lowest BCUT2D eigenvalue weighted by atomic mass is 10.1. The van der Waals surface area contributed by atoms with E-state index >= 15 is 0 Å². The van der Waals surface area contributed by atoms with Gasteiger partial charge in [0.1, 0.15) is 0 Å². The van der Waals surface area contributed by atoms with Crippen LogP contribution < -0.4 is 0 Å². The molecule has 0 spiro atoms. The first kappa shape index (κ1) is 13.0. The van der Waals surface area contributed by atoms with E-state index in [0.29, 0.717) is 39.1 Å². The van der Waals surface area contributed by atoms with E-state index in [2.05, 4.69) is 4.98 Å². The molecule has 1 N–H and O–H groups in total. The lowest BCUT2D eigenvalue weighted by Crippen LogP contribution is -2.37. The van der Waals surface area contributed by atoms with Gasteiger partial charge in [0.2, 0.25) is 5.91 Å². The summed E-state index contributed by atoms with van der Waals surface area (Å²) in [5.74, 6) is 0.0587. The van der Waals surface area contributed by atoms with Crippen LogP contribution in [0.4, 0.5) is 0 Å². The third-order valence-corrected chi connectivity index (χ3v) is 2.95. The van der Waals surface area contributed by atoms with E-state index in [1.165, 1.54) is 0 Å². The summed E-state index contributed by atoms with van der Waals surface area (Å²) in [5, 5.41) is 9.56. The van der Waals surface area contributed by atoms with Crippen LogP contribution in [0.5, 0.6) is 0 Å². The molecule has 0 bridgehead atoms. The highest BCUT2D eigenvalue weighted by molar-refractivity contribution is 5.76. The third-order valence-electron chi connectivity index (χ3n) is 2.95. The van der Waals surface area contributed by atoms with Crippen LogP contribution in [-0.2, 0) is 16.0 Å². The van der Waals surface area contributed by atoms with Gasteiger partial charge in [-0.1, -0.05) is 6.07 Å². The molecule has 1 aliphatic rings. The molecule has 18 heavy (non-hydrogen) atoms. The van der Waals surface area contributed by atoms with Crippen molar-refractivity contribution in [3.05, 3.63) is 30.1 Å². The van der Waals surface area contributed by atoms with Crippen LogP contribution in [-0.4, -0.2) is 53.3 Å². The number of amides is 1. The number of carbonyl (C=O) groups is 1. The molecule has 1 atom stereocenters. The molecule has 1 fully saturated rings. The average molecular weight is 250 g/mol. The summed E-state index contributed by atoms with van der Waals surface area (Å²) in [6.45, 7) is 1.73. The number of hydrogen-bond acceptors (Lipinski definition) is 4. The molecule has 5 heteroatoms. The first-order valence-electron chi connectivity index (χ1n) is 6.18. The van der Waals surface area contributed by atoms with Crippen molar-refractivity contribution in [2.24, 2.45) is 0 Å². The van der Waals surface area contributed by atoms with Gasteiger partial charge in [-0.3, -0.25) is 9.78 Å². The molecule has 0 radical (unpaired) electrons. The Morgan fingerprint density at radius 3 is 3.28 bits per heavy atom. The molecule has 5 nitrogen and oxygen atoms in total. The standard InChI is InChI=1S/C13H18N2O3/c16-12-9-15(6-7-18-10-12)13(17)4-3-11-2-1-5-14-8-11/h1-2,5,8,12,16H,3-4,6-7,9-10H2/t12-/m1/s1. The molecule has 1 aromatic heterocycles. The van der Waals surface area contributed by atoms with E-state index in [1.807, 2.05) is 12.1 Å². The zero-order chi connectivity index (χ0) is 12.8. The van der Waals surface area contributed by atoms with Crippen molar-refractivity contribution >= 4 is 5.91 Å². The second-order valence-corrected chi connectivity index (χ2v) is 4.43. The number of aromatic nitrogens is 1. The lowest BCUT2D eigenvalue weighted by Gasteiger charge is -2.21. The summed E-state index contributed by atoms with van der Waals surface area (Å²) in [6.07, 6.45) is 4.04. The van der Waals surface area contributed by atoms with Crippen molar-refractivity contribution in [1.82, 2.24) is 9.88 Å². The van der Waals surface area contributed by atoms with Gasteiger partial charge >= 0.3 is 0 Å². The molecule has 0 aromatic carbocycles. The second kappa shape index (κ2) is 6.47. The number of aliphatic hydroxyl groups excluding tert-OH is 1. The predicted molar refractivity (Wildman–Crippen MR) is 66.0 cm³/mol. The van der Waals surface area contributed by atoms with E-state index in [0.717, 1.165) is 5.56 Å². The zero-order valence-electron chi connectivity index (χ0n) is 10.3. The molecular weight excluding hydrogens is 232 g/mol. The van der Waals surface area contributed by atoms with Crippen LogP contribution in [0.25, 0.3) is 0 Å². The SMILES string of the molecule is O=C(CCc1cccnc1)N1CCOC[C@H](O)C1. The van der Waals surface area contributed by atoms with E-state index in [-0.39, 0.29) is 5.91 Å². The van der Waals surface area contributed by atoms with Gasteiger partial charge in [-0.05, 0) is 18.1 Å². The second-order valence-electron chi connectivity index (χ2n) is 4.43. The molecule has 98 valence electrons. The molecule has 1 amide bonds. The topological polar surface area (TPSA) is 62.7 Å². The number of ether oxygens (including phenoxy) is 1. The summed E-state index contributed by atoms with van der Waals surface area (Å²) in [4.78, 5) is 17.7. The molecule has 1 aromatic rings. The van der Waals surface area contributed by atoms with Crippen molar-refractivity contribution in [1.29, 1.82) is 0 Å². The van der Waals surface area contributed by atoms with Crippen LogP contribution in [0.1, 0.15) is 12.0 Å². The quantitative estimate of drug-likeness (QED) is 0.834. The highest BCUT2D eigenvalue weighted by Gasteiger charge is 2.20. The summed E-state index contributed by atoms with van der Waals surface area (Å²) in [6, 6.07) is 3.82. The number of aliphatic hydroxyl groups is 1. The van der Waals surface area contributed by atoms with E-state index in [1.54, 1.807) is 17.3 Å². The Kier molecular flexibility index (Phi) is 4.66. The molecule has 2 rings (SSSR count). The number of rotatable bonds is 3. The van der Waals surface area contributed by atoms with Gasteiger partial charge in [-0.2, -0.15) is 0 Å². The smallest absolute Gasteiger partial charge is 0.223 e. The van der Waals surface area contributed by atoms with Crippen molar-refractivity contribution < 1.29 is 14.6 Å². The van der Waals surface area contributed by atoms with Gasteiger partial charge in [0.05, 0.1) is 19.3 Å². The van der Waals surface area contributed by atoms with Gasteiger partial charge in [0.15, 0.2) is 0 Å². The summed E-state index contributed by atoms with van der Waals surface area (Å²) < 4.78 is 5.20. The van der Waals surface area contributed by atoms with Crippen LogP contribution in [0.2, 0.25) is 0 Å². The fourth-order valence-corrected chi connectivity index (χ4v) is 1.97. The molecule has 1 saturated heterocycles. The van der Waals surface area contributed by atoms with Crippen LogP contribution in [0, 0.1) is 0 Å². The van der Waals surface area contributed by atoms with Crippen LogP contribution in [0.15, 0.2) is 24.5 Å². The summed E-state index contributed by atoms with van der Waals surface area (Å²) in [7, 11) is 0. The van der Waals surface area contributed by atoms with Gasteiger partial charge < -0.3 is 14.7 Å². The molecule has 0 saturated carbocycles. The van der Waals surface area contributed by atoms with Gasteiger partial charge in [0, 0.05) is 31.9 Å². The van der Waals surface area contributed by atoms with E-state index < -0.39 is 6.10 Å². The Labute approximate surface area is 106 Å². The number of hydrogen-bond donors (Lipinski definition) is 1.